The van der Waals surface area contributed by atoms with Gasteiger partial charge in [0.15, 0.2) is 9.84 Å². The number of aromatic nitrogens is 1. The summed E-state index contributed by atoms with van der Waals surface area (Å²) in [6.45, 7) is 1.94. The van der Waals surface area contributed by atoms with Crippen molar-refractivity contribution in [3.8, 4) is 11.1 Å². The van der Waals surface area contributed by atoms with Crippen molar-refractivity contribution in [1.82, 2.24) is 9.47 Å². The highest BCUT2D eigenvalue weighted by Crippen LogP contribution is 2.32. The van der Waals surface area contributed by atoms with Crippen molar-refractivity contribution >= 4 is 20.7 Å². The molecule has 1 aliphatic rings. The van der Waals surface area contributed by atoms with E-state index < -0.39 is 9.84 Å². The lowest BCUT2D eigenvalue weighted by molar-refractivity contribution is 0.387. The van der Waals surface area contributed by atoms with Crippen LogP contribution in [0.15, 0.2) is 53.6 Å². The van der Waals surface area contributed by atoms with Crippen LogP contribution in [0.2, 0.25) is 0 Å². The first-order valence-corrected chi connectivity index (χ1v) is 10.2. The Morgan fingerprint density at radius 2 is 1.80 bits per heavy atom. The molecule has 4 rings (SSSR count). The van der Waals surface area contributed by atoms with Crippen molar-refractivity contribution in [1.29, 1.82) is 0 Å². The summed E-state index contributed by atoms with van der Waals surface area (Å²) in [6, 6.07) is 14.3. The number of benzene rings is 2. The highest BCUT2D eigenvalue weighted by Gasteiger charge is 2.26. The Bertz CT molecular complexity index is 1050. The summed E-state index contributed by atoms with van der Waals surface area (Å²) in [5.74, 6) is 0.234. The standard InChI is InChI=1S/C20H22N2O2S/c1-21(2)10-11-22-9-7-15-3-4-17(14-19(15)22)16-5-6-20-18(13-16)8-12-25(20,23)24/h3-7,9,13-14H,8,10-12H2,1-2H3. The zero-order valence-electron chi connectivity index (χ0n) is 14.6. The molecule has 0 aliphatic carbocycles. The third kappa shape index (κ3) is 2.98. The smallest absolute Gasteiger partial charge is 0.178 e. The zero-order valence-corrected chi connectivity index (χ0v) is 15.4. The van der Waals surface area contributed by atoms with E-state index in [1.54, 1.807) is 6.07 Å². The van der Waals surface area contributed by atoms with Gasteiger partial charge < -0.3 is 9.47 Å². The Morgan fingerprint density at radius 1 is 1.04 bits per heavy atom. The van der Waals surface area contributed by atoms with Gasteiger partial charge in [-0.05, 0) is 66.9 Å². The molecule has 0 bridgehead atoms. The van der Waals surface area contributed by atoms with Gasteiger partial charge in [-0.15, -0.1) is 0 Å². The van der Waals surface area contributed by atoms with Crippen LogP contribution < -0.4 is 0 Å². The van der Waals surface area contributed by atoms with E-state index in [1.807, 2.05) is 12.1 Å². The van der Waals surface area contributed by atoms with Crippen LogP contribution in [0.4, 0.5) is 0 Å². The van der Waals surface area contributed by atoms with Crippen LogP contribution in [0.25, 0.3) is 22.0 Å². The van der Waals surface area contributed by atoms with Gasteiger partial charge in [0.05, 0.1) is 10.6 Å². The fourth-order valence-corrected chi connectivity index (χ4v) is 5.02. The molecule has 3 aromatic rings. The Balaban J connectivity index is 1.74. The molecule has 0 radical (unpaired) electrons. The van der Waals surface area contributed by atoms with Gasteiger partial charge >= 0.3 is 0 Å². The van der Waals surface area contributed by atoms with E-state index in [0.717, 1.165) is 29.8 Å². The summed E-state index contributed by atoms with van der Waals surface area (Å²) in [5, 5.41) is 1.23. The number of hydrogen-bond acceptors (Lipinski definition) is 3. The molecule has 2 aromatic carbocycles. The molecule has 4 nitrogen and oxygen atoms in total. The molecule has 0 unspecified atom stereocenters. The molecule has 0 fully saturated rings. The quantitative estimate of drug-likeness (QED) is 0.723. The van der Waals surface area contributed by atoms with E-state index in [9.17, 15) is 8.42 Å². The molecule has 0 N–H and O–H groups in total. The molecule has 1 aliphatic heterocycles. The van der Waals surface area contributed by atoms with Gasteiger partial charge in [-0.1, -0.05) is 18.2 Å². The predicted octanol–water partition coefficient (Wildman–Crippen LogP) is 3.20. The molecule has 0 saturated heterocycles. The lowest BCUT2D eigenvalue weighted by atomic mass is 10.0. The lowest BCUT2D eigenvalue weighted by Crippen LogP contribution is -2.17. The van der Waals surface area contributed by atoms with E-state index in [0.29, 0.717) is 11.3 Å². The third-order valence-electron chi connectivity index (χ3n) is 4.93. The third-order valence-corrected chi connectivity index (χ3v) is 6.74. The van der Waals surface area contributed by atoms with Crippen LogP contribution in [-0.2, 0) is 22.8 Å². The van der Waals surface area contributed by atoms with E-state index in [2.05, 4.69) is 54.0 Å². The number of aryl methyl sites for hydroxylation is 1. The minimum absolute atomic E-state index is 0.234. The molecule has 25 heavy (non-hydrogen) atoms. The second-order valence-corrected chi connectivity index (χ2v) is 9.05. The predicted molar refractivity (Wildman–Crippen MR) is 102 cm³/mol. The molecule has 0 saturated carbocycles. The fraction of sp³-hybridized carbons (Fsp3) is 0.300. The number of hydrogen-bond donors (Lipinski definition) is 0. The monoisotopic (exact) mass is 354 g/mol. The topological polar surface area (TPSA) is 42.3 Å². The summed E-state index contributed by atoms with van der Waals surface area (Å²) in [7, 11) is 1.10. The Kier molecular flexibility index (Phi) is 3.93. The van der Waals surface area contributed by atoms with Gasteiger partial charge in [0.2, 0.25) is 0 Å². The minimum Gasteiger partial charge on any atom is -0.346 e. The zero-order chi connectivity index (χ0) is 17.6. The molecule has 130 valence electrons. The van der Waals surface area contributed by atoms with Crippen molar-refractivity contribution in [2.75, 3.05) is 26.4 Å². The van der Waals surface area contributed by atoms with Crippen molar-refractivity contribution < 1.29 is 8.42 Å². The number of fused-ring (bicyclic) bond motifs is 2. The molecular formula is C20H22N2O2S. The number of sulfone groups is 1. The van der Waals surface area contributed by atoms with Crippen molar-refractivity contribution in [2.45, 2.75) is 17.9 Å². The van der Waals surface area contributed by atoms with Crippen LogP contribution in [0, 0.1) is 0 Å². The van der Waals surface area contributed by atoms with Crippen LogP contribution >= 0.6 is 0 Å². The van der Waals surface area contributed by atoms with E-state index in [4.69, 9.17) is 0 Å². The second-order valence-electron chi connectivity index (χ2n) is 6.98. The lowest BCUT2D eigenvalue weighted by Gasteiger charge is -2.12. The van der Waals surface area contributed by atoms with Gasteiger partial charge in [0, 0.05) is 24.8 Å². The van der Waals surface area contributed by atoms with Gasteiger partial charge in [0.25, 0.3) is 0 Å². The first kappa shape index (κ1) is 16.4. The van der Waals surface area contributed by atoms with Crippen molar-refractivity contribution in [2.24, 2.45) is 0 Å². The van der Waals surface area contributed by atoms with E-state index in [-0.39, 0.29) is 5.75 Å². The summed E-state index contributed by atoms with van der Waals surface area (Å²) >= 11 is 0. The number of nitrogens with zero attached hydrogens (tertiary/aromatic N) is 2. The Hall–Kier alpha value is -2.11. The largest absolute Gasteiger partial charge is 0.346 e. The summed E-state index contributed by atoms with van der Waals surface area (Å²) < 4.78 is 26.3. The molecule has 1 aromatic heterocycles. The van der Waals surface area contributed by atoms with Crippen LogP contribution in [0.3, 0.4) is 0 Å². The molecule has 2 heterocycles. The molecular weight excluding hydrogens is 332 g/mol. The average molecular weight is 354 g/mol. The van der Waals surface area contributed by atoms with E-state index >= 15 is 0 Å². The summed E-state index contributed by atoms with van der Waals surface area (Å²) in [6.07, 6.45) is 2.75. The summed E-state index contributed by atoms with van der Waals surface area (Å²) in [4.78, 5) is 2.68. The van der Waals surface area contributed by atoms with Crippen LogP contribution in [0.1, 0.15) is 5.56 Å². The Morgan fingerprint density at radius 3 is 2.60 bits per heavy atom. The van der Waals surface area contributed by atoms with Crippen molar-refractivity contribution in [3.05, 3.63) is 54.2 Å². The normalized spacial score (nSPS) is 15.8. The van der Waals surface area contributed by atoms with Gasteiger partial charge in [-0.3, -0.25) is 0 Å². The average Bonchev–Trinajstić information content (AvgIpc) is 3.13. The maximum absolute atomic E-state index is 12.0. The fourth-order valence-electron chi connectivity index (χ4n) is 3.48. The van der Waals surface area contributed by atoms with Gasteiger partial charge in [-0.2, -0.15) is 0 Å². The maximum atomic E-state index is 12.0. The second kappa shape index (κ2) is 6.00. The van der Waals surface area contributed by atoms with Crippen LogP contribution in [-0.4, -0.2) is 44.3 Å². The Labute approximate surface area is 148 Å². The SMILES string of the molecule is CN(C)CCn1ccc2ccc(-c3ccc4c(c3)CCS4(=O)=O)cc21. The highest BCUT2D eigenvalue weighted by atomic mass is 32.2. The van der Waals surface area contributed by atoms with Crippen LogP contribution in [0.5, 0.6) is 0 Å². The molecule has 0 amide bonds. The van der Waals surface area contributed by atoms with Crippen molar-refractivity contribution in [3.63, 3.8) is 0 Å². The number of rotatable bonds is 4. The molecule has 0 spiro atoms. The summed E-state index contributed by atoms with van der Waals surface area (Å²) in [5.41, 5.74) is 4.37. The number of likely N-dealkylation sites (N-methyl/N-ethyl adjacent to an activating group) is 1. The first-order chi connectivity index (χ1) is 11.9. The first-order valence-electron chi connectivity index (χ1n) is 8.54. The van der Waals surface area contributed by atoms with Gasteiger partial charge in [0.1, 0.15) is 0 Å². The molecule has 0 atom stereocenters. The maximum Gasteiger partial charge on any atom is 0.178 e. The highest BCUT2D eigenvalue weighted by molar-refractivity contribution is 7.91. The van der Waals surface area contributed by atoms with E-state index in [1.165, 1.54) is 10.9 Å². The van der Waals surface area contributed by atoms with Gasteiger partial charge in [-0.25, -0.2) is 8.42 Å². The minimum atomic E-state index is -3.06. The molecule has 5 heteroatoms.